The molecule has 0 radical (unpaired) electrons. The van der Waals surface area contributed by atoms with Gasteiger partial charge in [0.05, 0.1) is 31.7 Å². The number of methoxy groups -OCH3 is 2. The number of carbonyl (C=O) groups is 4. The zero-order chi connectivity index (χ0) is 24.7. The smallest absolute Gasteiger partial charge is 0.327 e. The standard InChI is InChI=1S/C28H27NO6/c1-34-26(32)28(27(33)35-2)15-9-12-18-16-20-22(21(23(18)28)17-10-5-3-6-11-17)25(31)29(24(20)30)19-13-7-4-8-14-19/h3-8,10-11,13-14,20-22H,9,12,15-16H2,1-2H3/t20-,21-,22-/m0/s1. The van der Waals surface area contributed by atoms with Crippen LogP contribution >= 0.6 is 0 Å². The van der Waals surface area contributed by atoms with Crippen LogP contribution in [0, 0.1) is 17.3 Å². The highest BCUT2D eigenvalue weighted by atomic mass is 16.5. The third kappa shape index (κ3) is 3.32. The summed E-state index contributed by atoms with van der Waals surface area (Å²) in [6.07, 6.45) is 1.78. The lowest BCUT2D eigenvalue weighted by Gasteiger charge is -2.45. The zero-order valence-corrected chi connectivity index (χ0v) is 19.7. The molecule has 1 fully saturated rings. The van der Waals surface area contributed by atoms with Crippen molar-refractivity contribution in [1.82, 2.24) is 0 Å². The minimum Gasteiger partial charge on any atom is -0.468 e. The number of anilines is 1. The number of para-hydroxylation sites is 1. The molecule has 0 aromatic heterocycles. The average molecular weight is 474 g/mol. The molecule has 2 aromatic carbocycles. The molecule has 3 atom stereocenters. The van der Waals surface area contributed by atoms with E-state index < -0.39 is 35.1 Å². The zero-order valence-electron chi connectivity index (χ0n) is 19.7. The van der Waals surface area contributed by atoms with Crippen molar-refractivity contribution in [3.05, 3.63) is 77.4 Å². The lowest BCUT2D eigenvalue weighted by molar-refractivity contribution is -0.167. The summed E-state index contributed by atoms with van der Waals surface area (Å²) < 4.78 is 10.3. The number of hydrogen-bond donors (Lipinski definition) is 0. The normalized spacial score (nSPS) is 25.1. The summed E-state index contributed by atoms with van der Waals surface area (Å²) in [5.74, 6) is -3.88. The molecule has 1 heterocycles. The number of hydrogen-bond acceptors (Lipinski definition) is 6. The molecule has 0 N–H and O–H groups in total. The van der Waals surface area contributed by atoms with E-state index in [1.165, 1.54) is 19.1 Å². The van der Waals surface area contributed by atoms with E-state index in [4.69, 9.17) is 9.47 Å². The highest BCUT2D eigenvalue weighted by Crippen LogP contribution is 2.59. The monoisotopic (exact) mass is 473 g/mol. The van der Waals surface area contributed by atoms with Crippen LogP contribution in [0.5, 0.6) is 0 Å². The Bertz CT molecular complexity index is 1200. The molecule has 7 nitrogen and oxygen atoms in total. The largest absolute Gasteiger partial charge is 0.468 e. The van der Waals surface area contributed by atoms with Crippen LogP contribution in [0.4, 0.5) is 5.69 Å². The molecule has 180 valence electrons. The average Bonchev–Trinajstić information content (AvgIpc) is 3.16. The van der Waals surface area contributed by atoms with Gasteiger partial charge in [-0.25, -0.2) is 0 Å². The first kappa shape index (κ1) is 23.0. The van der Waals surface area contributed by atoms with Gasteiger partial charge in [0.25, 0.3) is 0 Å². The van der Waals surface area contributed by atoms with Gasteiger partial charge >= 0.3 is 11.9 Å². The highest BCUT2D eigenvalue weighted by molar-refractivity contribution is 6.23. The number of ether oxygens (including phenoxy) is 2. The lowest BCUT2D eigenvalue weighted by Crippen LogP contribution is -2.49. The molecule has 0 spiro atoms. The van der Waals surface area contributed by atoms with E-state index in [-0.39, 0.29) is 18.2 Å². The summed E-state index contributed by atoms with van der Waals surface area (Å²) in [7, 11) is 2.51. The molecule has 0 bridgehead atoms. The Labute approximate surface area is 203 Å². The van der Waals surface area contributed by atoms with Crippen molar-refractivity contribution in [2.24, 2.45) is 17.3 Å². The van der Waals surface area contributed by atoms with Crippen molar-refractivity contribution >= 4 is 29.4 Å². The van der Waals surface area contributed by atoms with Crippen LogP contribution in [-0.4, -0.2) is 38.0 Å². The maximum Gasteiger partial charge on any atom is 0.327 e. The molecule has 0 saturated carbocycles. The van der Waals surface area contributed by atoms with Crippen molar-refractivity contribution in [2.45, 2.75) is 31.6 Å². The molecule has 35 heavy (non-hydrogen) atoms. The van der Waals surface area contributed by atoms with Gasteiger partial charge in [-0.05, 0) is 49.0 Å². The number of allylic oxidation sites excluding steroid dienone is 1. The van der Waals surface area contributed by atoms with Gasteiger partial charge in [-0.1, -0.05) is 54.1 Å². The van der Waals surface area contributed by atoms with Gasteiger partial charge in [-0.2, -0.15) is 0 Å². The Kier molecular flexibility index (Phi) is 5.79. The van der Waals surface area contributed by atoms with Gasteiger partial charge in [-0.15, -0.1) is 0 Å². The number of amides is 2. The van der Waals surface area contributed by atoms with Crippen LogP contribution in [0.15, 0.2) is 71.8 Å². The lowest BCUT2D eigenvalue weighted by atomic mass is 9.56. The number of esters is 2. The summed E-state index contributed by atoms with van der Waals surface area (Å²) in [5.41, 5.74) is 1.11. The summed E-state index contributed by atoms with van der Waals surface area (Å²) in [4.78, 5) is 55.5. The Balaban J connectivity index is 1.74. The third-order valence-corrected chi connectivity index (χ3v) is 7.72. The van der Waals surface area contributed by atoms with Crippen LogP contribution in [0.3, 0.4) is 0 Å². The minimum atomic E-state index is -1.65. The Morgan fingerprint density at radius 3 is 2.09 bits per heavy atom. The van der Waals surface area contributed by atoms with Gasteiger partial charge in [-0.3, -0.25) is 24.1 Å². The predicted octanol–water partition coefficient (Wildman–Crippen LogP) is 3.79. The van der Waals surface area contributed by atoms with Crippen LogP contribution in [0.2, 0.25) is 0 Å². The molecular weight excluding hydrogens is 446 g/mol. The molecule has 2 aliphatic carbocycles. The molecule has 2 aromatic rings. The van der Waals surface area contributed by atoms with E-state index in [1.54, 1.807) is 24.3 Å². The summed E-state index contributed by atoms with van der Waals surface area (Å²) >= 11 is 0. The van der Waals surface area contributed by atoms with Gasteiger partial charge in [0.15, 0.2) is 5.41 Å². The maximum atomic E-state index is 13.9. The summed E-state index contributed by atoms with van der Waals surface area (Å²) in [6.45, 7) is 0. The Hall–Kier alpha value is -3.74. The number of imide groups is 1. The van der Waals surface area contributed by atoms with E-state index in [0.29, 0.717) is 30.5 Å². The number of rotatable bonds is 4. The fraction of sp³-hybridized carbons (Fsp3) is 0.357. The summed E-state index contributed by atoms with van der Waals surface area (Å²) in [5, 5.41) is 0. The number of carbonyl (C=O) groups excluding carboxylic acids is 4. The molecular formula is C28H27NO6. The summed E-state index contributed by atoms with van der Waals surface area (Å²) in [6, 6.07) is 18.2. The molecule has 7 heteroatoms. The van der Waals surface area contributed by atoms with Crippen molar-refractivity contribution in [3.8, 4) is 0 Å². The van der Waals surface area contributed by atoms with Crippen LogP contribution < -0.4 is 4.90 Å². The predicted molar refractivity (Wildman–Crippen MR) is 127 cm³/mol. The second-order valence-corrected chi connectivity index (χ2v) is 9.33. The van der Waals surface area contributed by atoms with Gasteiger partial charge in [0.2, 0.25) is 11.8 Å². The van der Waals surface area contributed by atoms with Crippen LogP contribution in [0.1, 0.15) is 37.2 Å². The second-order valence-electron chi connectivity index (χ2n) is 9.33. The molecule has 1 saturated heterocycles. The second kappa shape index (κ2) is 8.80. The first-order chi connectivity index (χ1) is 17.0. The number of fused-ring (bicyclic) bond motifs is 1. The van der Waals surface area contributed by atoms with E-state index in [2.05, 4.69) is 0 Å². The number of benzene rings is 2. The van der Waals surface area contributed by atoms with E-state index >= 15 is 0 Å². The topological polar surface area (TPSA) is 90.0 Å². The molecule has 1 aliphatic heterocycles. The molecule has 0 unspecified atom stereocenters. The van der Waals surface area contributed by atoms with Crippen molar-refractivity contribution in [2.75, 3.05) is 19.1 Å². The molecule has 5 rings (SSSR count). The molecule has 3 aliphatic rings. The fourth-order valence-electron chi connectivity index (χ4n) is 6.34. The Morgan fingerprint density at radius 1 is 0.886 bits per heavy atom. The van der Waals surface area contributed by atoms with Gasteiger partial charge < -0.3 is 9.47 Å². The van der Waals surface area contributed by atoms with Gasteiger partial charge in [0, 0.05) is 5.92 Å². The first-order valence-corrected chi connectivity index (χ1v) is 11.8. The van der Waals surface area contributed by atoms with E-state index in [1.807, 2.05) is 36.4 Å². The van der Waals surface area contributed by atoms with Gasteiger partial charge in [0.1, 0.15) is 0 Å². The number of nitrogens with zero attached hydrogens (tertiary/aromatic N) is 1. The van der Waals surface area contributed by atoms with E-state index in [0.717, 1.165) is 11.1 Å². The quantitative estimate of drug-likeness (QED) is 0.291. The SMILES string of the molecule is COC(=O)C1(C(=O)OC)CCCC2=C1[C@@H](c1ccccc1)[C@H]1C(=O)N(c3ccccc3)C(=O)[C@H]1C2. The van der Waals surface area contributed by atoms with E-state index in [9.17, 15) is 19.2 Å². The van der Waals surface area contributed by atoms with Crippen LogP contribution in [0.25, 0.3) is 0 Å². The fourth-order valence-corrected chi connectivity index (χ4v) is 6.34. The highest BCUT2D eigenvalue weighted by Gasteiger charge is 2.63. The van der Waals surface area contributed by atoms with Crippen LogP contribution in [-0.2, 0) is 28.7 Å². The maximum absolute atomic E-state index is 13.9. The minimum absolute atomic E-state index is 0.233. The van der Waals surface area contributed by atoms with Crippen molar-refractivity contribution in [1.29, 1.82) is 0 Å². The Morgan fingerprint density at radius 2 is 1.49 bits per heavy atom. The van der Waals surface area contributed by atoms with Crippen molar-refractivity contribution in [3.63, 3.8) is 0 Å². The molecule has 2 amide bonds. The third-order valence-electron chi connectivity index (χ3n) is 7.72. The van der Waals surface area contributed by atoms with Crippen molar-refractivity contribution < 1.29 is 28.7 Å². The first-order valence-electron chi connectivity index (χ1n) is 11.8.